The van der Waals surface area contributed by atoms with Crippen molar-refractivity contribution >= 4 is 5.84 Å². The molecule has 0 radical (unpaired) electrons. The molecule has 1 heterocycles. The molecule has 0 aromatic rings. The summed E-state index contributed by atoms with van der Waals surface area (Å²) < 4.78 is 0. The maximum atomic E-state index is 8.70. The molecular formula is C4H8N2O. The summed E-state index contributed by atoms with van der Waals surface area (Å²) in [5.74, 6) is 0.722. The summed E-state index contributed by atoms with van der Waals surface area (Å²) in [6, 6.07) is 0. The Balaban J connectivity index is 2.54. The molecule has 3 heteroatoms. The first-order valence-electron chi connectivity index (χ1n) is 2.28. The lowest BCUT2D eigenvalue weighted by molar-refractivity contribution is -0.00326. The number of nitrogens with zero attached hydrogens (tertiary/aromatic N) is 2. The van der Waals surface area contributed by atoms with Crippen LogP contribution in [0.2, 0.25) is 0 Å². The maximum absolute atomic E-state index is 8.70. The zero-order valence-electron chi connectivity index (χ0n) is 4.26. The number of amidine groups is 1. The minimum Gasteiger partial charge on any atom is -0.287 e. The van der Waals surface area contributed by atoms with Gasteiger partial charge in [0, 0.05) is 0 Å². The van der Waals surface area contributed by atoms with Gasteiger partial charge in [0.25, 0.3) is 0 Å². The van der Waals surface area contributed by atoms with Crippen molar-refractivity contribution in [1.29, 1.82) is 0 Å². The third-order valence-corrected chi connectivity index (χ3v) is 1.03. The van der Waals surface area contributed by atoms with Gasteiger partial charge in [-0.2, -0.15) is 0 Å². The molecule has 0 aromatic carbocycles. The van der Waals surface area contributed by atoms with Crippen LogP contribution in [0.3, 0.4) is 0 Å². The van der Waals surface area contributed by atoms with Crippen LogP contribution in [0.4, 0.5) is 0 Å². The van der Waals surface area contributed by atoms with E-state index in [9.17, 15) is 0 Å². The zero-order chi connectivity index (χ0) is 5.28. The molecule has 0 spiro atoms. The van der Waals surface area contributed by atoms with E-state index in [4.69, 9.17) is 5.21 Å². The lowest BCUT2D eigenvalue weighted by Crippen LogP contribution is -2.20. The van der Waals surface area contributed by atoms with Gasteiger partial charge in [0.15, 0.2) is 0 Å². The van der Waals surface area contributed by atoms with Crippen molar-refractivity contribution in [2.45, 2.75) is 6.92 Å². The summed E-state index contributed by atoms with van der Waals surface area (Å²) >= 11 is 0. The Kier molecular flexibility index (Phi) is 0.982. The fourth-order valence-corrected chi connectivity index (χ4v) is 0.550. The highest BCUT2D eigenvalue weighted by molar-refractivity contribution is 5.79. The average molecular weight is 100 g/mol. The number of rotatable bonds is 0. The van der Waals surface area contributed by atoms with Gasteiger partial charge in [-0.25, -0.2) is 5.06 Å². The zero-order valence-corrected chi connectivity index (χ0v) is 4.26. The van der Waals surface area contributed by atoms with E-state index in [1.165, 1.54) is 0 Å². The SMILES string of the molecule is CC1=NCCN1O. The Labute approximate surface area is 42.2 Å². The van der Waals surface area contributed by atoms with E-state index in [1.54, 1.807) is 6.92 Å². The molecule has 0 fully saturated rings. The van der Waals surface area contributed by atoms with E-state index in [0.717, 1.165) is 17.4 Å². The highest BCUT2D eigenvalue weighted by atomic mass is 16.5. The molecule has 3 nitrogen and oxygen atoms in total. The number of hydrogen-bond donors (Lipinski definition) is 1. The minimum absolute atomic E-state index is 0.659. The van der Waals surface area contributed by atoms with E-state index in [-0.39, 0.29) is 0 Å². The van der Waals surface area contributed by atoms with Crippen LogP contribution in [0.5, 0.6) is 0 Å². The van der Waals surface area contributed by atoms with Crippen LogP contribution in [0.25, 0.3) is 0 Å². The first-order chi connectivity index (χ1) is 3.30. The highest BCUT2D eigenvalue weighted by Gasteiger charge is 2.06. The third kappa shape index (κ3) is 0.718. The lowest BCUT2D eigenvalue weighted by Gasteiger charge is -2.04. The second-order valence-electron chi connectivity index (χ2n) is 1.55. The fraction of sp³-hybridized carbons (Fsp3) is 0.750. The lowest BCUT2D eigenvalue weighted by atomic mass is 10.6. The van der Waals surface area contributed by atoms with Crippen LogP contribution in [-0.4, -0.2) is 29.2 Å². The topological polar surface area (TPSA) is 35.8 Å². The van der Waals surface area contributed by atoms with Crippen LogP contribution in [0.1, 0.15) is 6.92 Å². The minimum atomic E-state index is 0.659. The fourth-order valence-electron chi connectivity index (χ4n) is 0.550. The molecule has 0 aliphatic carbocycles. The van der Waals surface area contributed by atoms with Gasteiger partial charge in [-0.3, -0.25) is 10.2 Å². The van der Waals surface area contributed by atoms with Crippen LogP contribution < -0.4 is 0 Å². The second kappa shape index (κ2) is 1.50. The molecule has 0 aromatic heterocycles. The molecule has 0 unspecified atom stereocenters. The summed E-state index contributed by atoms with van der Waals surface area (Å²) in [6.07, 6.45) is 0. The van der Waals surface area contributed by atoms with Crippen molar-refractivity contribution in [2.24, 2.45) is 4.99 Å². The van der Waals surface area contributed by atoms with Crippen molar-refractivity contribution in [1.82, 2.24) is 5.06 Å². The molecule has 0 saturated heterocycles. The molecule has 1 aliphatic rings. The van der Waals surface area contributed by atoms with Crippen LogP contribution in [-0.2, 0) is 0 Å². The normalized spacial score (nSPS) is 20.3. The number of aliphatic imine (C=N–C) groups is 1. The molecule has 1 rings (SSSR count). The quantitative estimate of drug-likeness (QED) is 0.469. The van der Waals surface area contributed by atoms with Gasteiger partial charge in [0.05, 0.1) is 13.1 Å². The predicted octanol–water partition coefficient (Wildman–Crippen LogP) is 0.110. The highest BCUT2D eigenvalue weighted by Crippen LogP contribution is 1.94. The van der Waals surface area contributed by atoms with Gasteiger partial charge in [0.1, 0.15) is 5.84 Å². The van der Waals surface area contributed by atoms with E-state index < -0.39 is 0 Å². The molecule has 0 bridgehead atoms. The van der Waals surface area contributed by atoms with Crippen molar-refractivity contribution < 1.29 is 5.21 Å². The standard InChI is InChI=1S/C4H8N2O/c1-4-5-2-3-6(4)7/h7H,2-3H2,1H3. The smallest absolute Gasteiger partial charge is 0.120 e. The largest absolute Gasteiger partial charge is 0.287 e. The Morgan fingerprint density at radius 3 is 2.71 bits per heavy atom. The van der Waals surface area contributed by atoms with Gasteiger partial charge in [-0.15, -0.1) is 0 Å². The Hall–Kier alpha value is -0.570. The Morgan fingerprint density at radius 2 is 2.57 bits per heavy atom. The Bertz CT molecular complexity index is 99.9. The van der Waals surface area contributed by atoms with E-state index in [0.29, 0.717) is 6.54 Å². The van der Waals surface area contributed by atoms with Crippen molar-refractivity contribution in [2.75, 3.05) is 13.1 Å². The van der Waals surface area contributed by atoms with Gasteiger partial charge < -0.3 is 0 Å². The molecule has 1 N–H and O–H groups in total. The molecule has 1 aliphatic heterocycles. The molecule has 7 heavy (non-hydrogen) atoms. The molecule has 40 valence electrons. The average Bonchev–Trinajstić information content (AvgIpc) is 1.91. The maximum Gasteiger partial charge on any atom is 0.120 e. The van der Waals surface area contributed by atoms with Gasteiger partial charge in [-0.05, 0) is 6.92 Å². The Morgan fingerprint density at radius 1 is 1.86 bits per heavy atom. The first-order valence-corrected chi connectivity index (χ1v) is 2.28. The number of hydroxylamine groups is 2. The van der Waals surface area contributed by atoms with Crippen LogP contribution >= 0.6 is 0 Å². The summed E-state index contributed by atoms with van der Waals surface area (Å²) in [5.41, 5.74) is 0. The van der Waals surface area contributed by atoms with E-state index >= 15 is 0 Å². The van der Waals surface area contributed by atoms with E-state index in [1.807, 2.05) is 0 Å². The van der Waals surface area contributed by atoms with E-state index in [2.05, 4.69) is 4.99 Å². The third-order valence-electron chi connectivity index (χ3n) is 1.03. The predicted molar refractivity (Wildman–Crippen MR) is 26.5 cm³/mol. The van der Waals surface area contributed by atoms with Gasteiger partial charge in [-0.1, -0.05) is 0 Å². The summed E-state index contributed by atoms with van der Waals surface area (Å²) in [6.45, 7) is 3.18. The van der Waals surface area contributed by atoms with Crippen LogP contribution in [0.15, 0.2) is 4.99 Å². The number of hydrogen-bond acceptors (Lipinski definition) is 3. The molecule has 0 amide bonds. The monoisotopic (exact) mass is 100 g/mol. The molecule has 0 atom stereocenters. The van der Waals surface area contributed by atoms with Crippen molar-refractivity contribution in [3.8, 4) is 0 Å². The summed E-state index contributed by atoms with van der Waals surface area (Å²) in [5, 5.41) is 9.85. The molecule has 0 saturated carbocycles. The first kappa shape index (κ1) is 4.59. The van der Waals surface area contributed by atoms with Gasteiger partial charge in [0.2, 0.25) is 0 Å². The van der Waals surface area contributed by atoms with Crippen molar-refractivity contribution in [3.05, 3.63) is 0 Å². The summed E-state index contributed by atoms with van der Waals surface area (Å²) in [4.78, 5) is 3.91. The van der Waals surface area contributed by atoms with Crippen molar-refractivity contribution in [3.63, 3.8) is 0 Å². The second-order valence-corrected chi connectivity index (χ2v) is 1.55. The summed E-state index contributed by atoms with van der Waals surface area (Å²) in [7, 11) is 0. The molecular weight excluding hydrogens is 92.1 g/mol. The van der Waals surface area contributed by atoms with Crippen LogP contribution in [0, 0.1) is 0 Å². The van der Waals surface area contributed by atoms with Gasteiger partial charge >= 0.3 is 0 Å².